The Kier molecular flexibility index (Phi) is 9.26. The first-order valence-corrected chi connectivity index (χ1v) is 9.23. The summed E-state index contributed by atoms with van der Waals surface area (Å²) in [7, 11) is 0. The van der Waals surface area contributed by atoms with Gasteiger partial charge in [0.25, 0.3) is 0 Å². The molecule has 1 unspecified atom stereocenters. The second kappa shape index (κ2) is 10.6. The van der Waals surface area contributed by atoms with Crippen LogP contribution in [-0.2, 0) is 14.2 Å². The van der Waals surface area contributed by atoms with Crippen LogP contribution in [0.25, 0.3) is 0 Å². The van der Waals surface area contributed by atoms with E-state index in [1.807, 2.05) is 13.8 Å². The van der Waals surface area contributed by atoms with Gasteiger partial charge in [0.2, 0.25) is 6.29 Å². The highest BCUT2D eigenvalue weighted by atomic mass is 16.7. The van der Waals surface area contributed by atoms with Gasteiger partial charge in [0.05, 0.1) is 0 Å². The average molecular weight is 355 g/mol. The summed E-state index contributed by atoms with van der Waals surface area (Å²) < 4.78 is 16.1. The standard InChI is InChI=1S/C19H33NO5/c1-6-23-17(24-7-2)14-13-16(15-11-9-8-10-12-15)20(22)18(21)25-19(3,4)5/h15-17,22H,6-12H2,1-5H3. The largest absolute Gasteiger partial charge is 0.442 e. The molecule has 0 aromatic carbocycles. The SMILES string of the molecule is CCOC(C#CC(C1CCCCC1)N(O)C(=O)OC(C)(C)C)OCC. The predicted molar refractivity (Wildman–Crippen MR) is 95.0 cm³/mol. The van der Waals surface area contributed by atoms with Crippen LogP contribution in [0.1, 0.15) is 66.7 Å². The van der Waals surface area contributed by atoms with Crippen molar-refractivity contribution in [3.63, 3.8) is 0 Å². The molecule has 6 heteroatoms. The third-order valence-electron chi connectivity index (χ3n) is 3.93. The van der Waals surface area contributed by atoms with E-state index in [9.17, 15) is 10.0 Å². The van der Waals surface area contributed by atoms with Gasteiger partial charge >= 0.3 is 6.09 Å². The molecular weight excluding hydrogens is 322 g/mol. The first-order chi connectivity index (χ1) is 11.8. The molecule has 1 N–H and O–H groups in total. The number of hydroxylamine groups is 2. The molecule has 0 aromatic heterocycles. The lowest BCUT2D eigenvalue weighted by molar-refractivity contribution is -0.121. The van der Waals surface area contributed by atoms with Crippen LogP contribution in [0, 0.1) is 17.8 Å². The molecule has 6 nitrogen and oxygen atoms in total. The van der Waals surface area contributed by atoms with Crippen LogP contribution in [0.15, 0.2) is 0 Å². The van der Waals surface area contributed by atoms with E-state index in [1.54, 1.807) is 20.8 Å². The maximum Gasteiger partial charge on any atom is 0.435 e. The van der Waals surface area contributed by atoms with Gasteiger partial charge in [-0.05, 0) is 59.3 Å². The molecule has 1 rings (SSSR count). The van der Waals surface area contributed by atoms with Gasteiger partial charge in [0.15, 0.2) is 0 Å². The van der Waals surface area contributed by atoms with Gasteiger partial charge in [-0.15, -0.1) is 0 Å². The molecule has 0 aliphatic heterocycles. The number of carbonyl (C=O) groups is 1. The summed E-state index contributed by atoms with van der Waals surface area (Å²) in [5.41, 5.74) is -0.679. The molecule has 25 heavy (non-hydrogen) atoms. The van der Waals surface area contributed by atoms with Crippen LogP contribution in [0.4, 0.5) is 4.79 Å². The van der Waals surface area contributed by atoms with Gasteiger partial charge in [-0.1, -0.05) is 25.2 Å². The van der Waals surface area contributed by atoms with E-state index in [-0.39, 0.29) is 5.92 Å². The molecular formula is C19H33NO5. The van der Waals surface area contributed by atoms with E-state index in [2.05, 4.69) is 11.8 Å². The van der Waals surface area contributed by atoms with Crippen LogP contribution < -0.4 is 0 Å². The smallest absolute Gasteiger partial charge is 0.435 e. The van der Waals surface area contributed by atoms with Gasteiger partial charge in [0.1, 0.15) is 11.6 Å². The predicted octanol–water partition coefficient (Wildman–Crippen LogP) is 3.96. The van der Waals surface area contributed by atoms with Crippen molar-refractivity contribution in [2.45, 2.75) is 84.7 Å². The molecule has 1 atom stereocenters. The topological polar surface area (TPSA) is 68.2 Å². The summed E-state index contributed by atoms with van der Waals surface area (Å²) in [4.78, 5) is 12.3. The summed E-state index contributed by atoms with van der Waals surface area (Å²) in [6.45, 7) is 9.97. The zero-order valence-electron chi connectivity index (χ0n) is 16.2. The molecule has 0 bridgehead atoms. The van der Waals surface area contributed by atoms with Crippen LogP contribution >= 0.6 is 0 Å². The van der Waals surface area contributed by atoms with E-state index in [0.29, 0.717) is 18.3 Å². The number of amides is 1. The molecule has 0 saturated heterocycles. The first kappa shape index (κ1) is 21.8. The summed E-state index contributed by atoms with van der Waals surface area (Å²) in [6, 6.07) is -0.626. The van der Waals surface area contributed by atoms with Crippen LogP contribution in [0.5, 0.6) is 0 Å². The minimum atomic E-state index is -0.776. The molecule has 1 saturated carbocycles. The monoisotopic (exact) mass is 355 g/mol. The summed E-state index contributed by atoms with van der Waals surface area (Å²) >= 11 is 0. The fourth-order valence-electron chi connectivity index (χ4n) is 2.84. The lowest BCUT2D eigenvalue weighted by Gasteiger charge is -2.32. The van der Waals surface area contributed by atoms with Crippen molar-refractivity contribution < 1.29 is 24.2 Å². The van der Waals surface area contributed by atoms with E-state index in [1.165, 1.54) is 6.42 Å². The molecule has 0 heterocycles. The number of carbonyl (C=O) groups excluding carboxylic acids is 1. The number of rotatable bonds is 6. The fourth-order valence-corrected chi connectivity index (χ4v) is 2.84. The number of hydrogen-bond acceptors (Lipinski definition) is 5. The first-order valence-electron chi connectivity index (χ1n) is 9.23. The van der Waals surface area contributed by atoms with Crippen LogP contribution in [0.3, 0.4) is 0 Å². The van der Waals surface area contributed by atoms with Crippen molar-refractivity contribution >= 4 is 6.09 Å². The molecule has 1 fully saturated rings. The number of hydrogen-bond donors (Lipinski definition) is 1. The Morgan fingerprint density at radius 3 is 2.16 bits per heavy atom. The molecule has 0 radical (unpaired) electrons. The van der Waals surface area contributed by atoms with Crippen LogP contribution in [0.2, 0.25) is 0 Å². The highest BCUT2D eigenvalue weighted by Gasteiger charge is 2.32. The van der Waals surface area contributed by atoms with E-state index in [0.717, 1.165) is 25.7 Å². The molecule has 0 spiro atoms. The minimum Gasteiger partial charge on any atom is -0.442 e. The Hall–Kier alpha value is -1.29. The quantitative estimate of drug-likeness (QED) is 0.338. The molecule has 1 amide bonds. The van der Waals surface area contributed by atoms with Crippen molar-refractivity contribution in [1.82, 2.24) is 5.06 Å². The van der Waals surface area contributed by atoms with Crippen molar-refractivity contribution in [3.8, 4) is 11.8 Å². The zero-order chi connectivity index (χ0) is 18.9. The van der Waals surface area contributed by atoms with E-state index >= 15 is 0 Å². The Morgan fingerprint density at radius 1 is 1.12 bits per heavy atom. The Bertz CT molecular complexity index is 451. The Balaban J connectivity index is 2.93. The van der Waals surface area contributed by atoms with Crippen molar-refractivity contribution in [2.24, 2.45) is 5.92 Å². The molecule has 1 aliphatic carbocycles. The lowest BCUT2D eigenvalue weighted by Crippen LogP contribution is -2.44. The van der Waals surface area contributed by atoms with Gasteiger partial charge in [-0.2, -0.15) is 5.06 Å². The zero-order valence-corrected chi connectivity index (χ0v) is 16.2. The summed E-state index contributed by atoms with van der Waals surface area (Å²) in [5, 5.41) is 11.1. The molecule has 144 valence electrons. The third-order valence-corrected chi connectivity index (χ3v) is 3.93. The van der Waals surface area contributed by atoms with Gasteiger partial charge in [-0.25, -0.2) is 4.79 Å². The highest BCUT2D eigenvalue weighted by Crippen LogP contribution is 2.29. The van der Waals surface area contributed by atoms with E-state index in [4.69, 9.17) is 14.2 Å². The minimum absolute atomic E-state index is 0.114. The normalized spacial score (nSPS) is 16.9. The highest BCUT2D eigenvalue weighted by molar-refractivity contribution is 5.67. The van der Waals surface area contributed by atoms with E-state index < -0.39 is 24.0 Å². The molecule has 1 aliphatic rings. The number of ether oxygens (including phenoxy) is 3. The van der Waals surface area contributed by atoms with Crippen LogP contribution in [-0.4, -0.2) is 47.5 Å². The second-order valence-corrected chi connectivity index (χ2v) is 7.20. The maximum atomic E-state index is 12.3. The van der Waals surface area contributed by atoms with Crippen molar-refractivity contribution in [2.75, 3.05) is 13.2 Å². The van der Waals surface area contributed by atoms with Crippen molar-refractivity contribution in [1.29, 1.82) is 0 Å². The summed E-state index contributed by atoms with van der Waals surface area (Å²) in [6.07, 6.45) is 3.74. The maximum absolute atomic E-state index is 12.3. The second-order valence-electron chi connectivity index (χ2n) is 7.20. The van der Waals surface area contributed by atoms with Gasteiger partial charge in [-0.3, -0.25) is 5.21 Å². The average Bonchev–Trinajstić information content (AvgIpc) is 2.54. The Morgan fingerprint density at radius 2 is 1.68 bits per heavy atom. The van der Waals surface area contributed by atoms with Crippen molar-refractivity contribution in [3.05, 3.63) is 0 Å². The Labute approximate surface area is 151 Å². The fraction of sp³-hybridized carbons (Fsp3) is 0.842. The van der Waals surface area contributed by atoms with Gasteiger partial charge < -0.3 is 14.2 Å². The summed E-state index contributed by atoms with van der Waals surface area (Å²) in [5.74, 6) is 6.03. The lowest BCUT2D eigenvalue weighted by atomic mass is 9.84. The van der Waals surface area contributed by atoms with Gasteiger partial charge in [0, 0.05) is 13.2 Å². The number of nitrogens with zero attached hydrogens (tertiary/aromatic N) is 1. The third kappa shape index (κ3) is 8.08. The molecule has 0 aromatic rings.